The number of nitrogens with zero attached hydrogens (tertiary/aromatic N) is 3. The Balaban J connectivity index is 2.49. The van der Waals surface area contributed by atoms with E-state index in [4.69, 9.17) is 10.5 Å². The monoisotopic (exact) mass is 204 g/mol. The summed E-state index contributed by atoms with van der Waals surface area (Å²) in [7, 11) is 1.63. The lowest BCUT2D eigenvalue weighted by Crippen LogP contribution is -1.99. The third-order valence-electron chi connectivity index (χ3n) is 2.08. The molecule has 0 radical (unpaired) electrons. The Hall–Kier alpha value is -2.04. The lowest BCUT2D eigenvalue weighted by Gasteiger charge is -2.04. The summed E-state index contributed by atoms with van der Waals surface area (Å²) in [4.78, 5) is 4.03. The fourth-order valence-electron chi connectivity index (χ4n) is 1.40. The highest BCUT2D eigenvalue weighted by molar-refractivity contribution is 5.39. The average Bonchev–Trinajstić information content (AvgIpc) is 2.58. The van der Waals surface area contributed by atoms with Gasteiger partial charge >= 0.3 is 0 Å². The largest absolute Gasteiger partial charge is 0.497 e. The highest BCUT2D eigenvalue weighted by atomic mass is 16.5. The molecule has 1 aromatic carbocycles. The minimum atomic E-state index is 0.273. The van der Waals surface area contributed by atoms with E-state index in [1.807, 2.05) is 31.2 Å². The third-order valence-corrected chi connectivity index (χ3v) is 2.08. The van der Waals surface area contributed by atoms with Gasteiger partial charge in [-0.2, -0.15) is 4.98 Å². The van der Waals surface area contributed by atoms with E-state index in [2.05, 4.69) is 10.1 Å². The van der Waals surface area contributed by atoms with Crippen molar-refractivity contribution in [2.45, 2.75) is 6.92 Å². The van der Waals surface area contributed by atoms with Gasteiger partial charge in [0.2, 0.25) is 5.95 Å². The fraction of sp³-hybridized carbons (Fsp3) is 0.200. The number of benzene rings is 1. The first kappa shape index (κ1) is 9.51. The Morgan fingerprint density at radius 1 is 1.40 bits per heavy atom. The molecule has 0 spiro atoms. The van der Waals surface area contributed by atoms with Gasteiger partial charge in [-0.25, -0.2) is 4.68 Å². The average molecular weight is 204 g/mol. The second-order valence-electron chi connectivity index (χ2n) is 3.13. The lowest BCUT2D eigenvalue weighted by atomic mass is 10.3. The molecule has 1 heterocycles. The lowest BCUT2D eigenvalue weighted by molar-refractivity contribution is 0.414. The quantitative estimate of drug-likeness (QED) is 0.797. The van der Waals surface area contributed by atoms with Crippen molar-refractivity contribution in [2.75, 3.05) is 12.8 Å². The van der Waals surface area contributed by atoms with Crippen molar-refractivity contribution < 1.29 is 4.74 Å². The van der Waals surface area contributed by atoms with E-state index in [9.17, 15) is 0 Å². The molecule has 0 atom stereocenters. The van der Waals surface area contributed by atoms with Gasteiger partial charge < -0.3 is 10.5 Å². The zero-order valence-electron chi connectivity index (χ0n) is 8.64. The molecule has 0 aliphatic carbocycles. The molecular formula is C10H12N4O. The normalized spacial score (nSPS) is 10.3. The summed E-state index contributed by atoms with van der Waals surface area (Å²) in [6.45, 7) is 1.85. The molecule has 0 amide bonds. The smallest absolute Gasteiger partial charge is 0.240 e. The summed E-state index contributed by atoms with van der Waals surface area (Å²) in [6, 6.07) is 7.56. The summed E-state index contributed by atoms with van der Waals surface area (Å²) < 4.78 is 6.81. The number of aryl methyl sites for hydroxylation is 1. The zero-order chi connectivity index (χ0) is 10.8. The molecule has 2 aromatic rings. The number of hydrogen-bond acceptors (Lipinski definition) is 4. The van der Waals surface area contributed by atoms with Crippen LogP contribution in [0.15, 0.2) is 24.3 Å². The first-order chi connectivity index (χ1) is 7.20. The summed E-state index contributed by atoms with van der Waals surface area (Å²) >= 11 is 0. The van der Waals surface area contributed by atoms with Crippen molar-refractivity contribution in [3.8, 4) is 11.4 Å². The fourth-order valence-corrected chi connectivity index (χ4v) is 1.40. The van der Waals surface area contributed by atoms with Crippen molar-refractivity contribution in [3.05, 3.63) is 30.1 Å². The van der Waals surface area contributed by atoms with Crippen molar-refractivity contribution >= 4 is 5.95 Å². The number of rotatable bonds is 2. The van der Waals surface area contributed by atoms with Gasteiger partial charge in [-0.1, -0.05) is 6.07 Å². The minimum Gasteiger partial charge on any atom is -0.497 e. The van der Waals surface area contributed by atoms with Gasteiger partial charge in [-0.3, -0.25) is 0 Å². The van der Waals surface area contributed by atoms with Crippen LogP contribution < -0.4 is 10.5 Å². The van der Waals surface area contributed by atoms with E-state index in [0.717, 1.165) is 17.3 Å². The van der Waals surface area contributed by atoms with E-state index in [1.54, 1.807) is 11.8 Å². The standard InChI is InChI=1S/C10H12N4O/c1-7-12-10(11)13-14(7)8-4-3-5-9(6-8)15-2/h3-6H,1-2H3,(H2,11,13). The van der Waals surface area contributed by atoms with Gasteiger partial charge in [-0.15, -0.1) is 5.10 Å². The Kier molecular flexibility index (Phi) is 2.29. The first-order valence-corrected chi connectivity index (χ1v) is 4.54. The van der Waals surface area contributed by atoms with E-state index in [0.29, 0.717) is 0 Å². The van der Waals surface area contributed by atoms with Crippen LogP contribution in [-0.4, -0.2) is 21.9 Å². The summed E-state index contributed by atoms with van der Waals surface area (Å²) in [5, 5.41) is 4.08. The molecule has 1 aromatic heterocycles. The molecule has 2 rings (SSSR count). The van der Waals surface area contributed by atoms with E-state index in [1.165, 1.54) is 0 Å². The Labute approximate surface area is 87.5 Å². The van der Waals surface area contributed by atoms with Gasteiger partial charge in [0.1, 0.15) is 11.6 Å². The van der Waals surface area contributed by atoms with Gasteiger partial charge in [-0.05, 0) is 19.1 Å². The van der Waals surface area contributed by atoms with Crippen molar-refractivity contribution in [2.24, 2.45) is 0 Å². The number of methoxy groups -OCH3 is 1. The molecule has 0 aliphatic heterocycles. The van der Waals surface area contributed by atoms with Gasteiger partial charge in [0.05, 0.1) is 12.8 Å². The molecule has 0 fully saturated rings. The van der Waals surface area contributed by atoms with Gasteiger partial charge in [0.15, 0.2) is 0 Å². The molecule has 0 saturated heterocycles. The number of hydrogen-bond donors (Lipinski definition) is 1. The van der Waals surface area contributed by atoms with E-state index >= 15 is 0 Å². The minimum absolute atomic E-state index is 0.273. The van der Waals surface area contributed by atoms with Crippen LogP contribution in [0.2, 0.25) is 0 Å². The van der Waals surface area contributed by atoms with E-state index in [-0.39, 0.29) is 5.95 Å². The van der Waals surface area contributed by atoms with E-state index < -0.39 is 0 Å². The Bertz CT molecular complexity index is 478. The van der Waals surface area contributed by atoms with Crippen LogP contribution in [0.5, 0.6) is 5.75 Å². The highest BCUT2D eigenvalue weighted by Gasteiger charge is 2.05. The number of anilines is 1. The van der Waals surface area contributed by atoms with Crippen LogP contribution in [0.3, 0.4) is 0 Å². The predicted octanol–water partition coefficient (Wildman–Crippen LogP) is 1.17. The Morgan fingerprint density at radius 3 is 2.80 bits per heavy atom. The van der Waals surface area contributed by atoms with Crippen molar-refractivity contribution in [1.82, 2.24) is 14.8 Å². The third kappa shape index (κ3) is 1.76. The molecule has 0 aliphatic rings. The molecular weight excluding hydrogens is 192 g/mol. The highest BCUT2D eigenvalue weighted by Crippen LogP contribution is 2.17. The summed E-state index contributed by atoms with van der Waals surface area (Å²) in [5.74, 6) is 1.80. The maximum atomic E-state index is 5.51. The molecule has 0 saturated carbocycles. The maximum Gasteiger partial charge on any atom is 0.240 e. The number of ether oxygens (including phenoxy) is 1. The Morgan fingerprint density at radius 2 is 2.20 bits per heavy atom. The second-order valence-corrected chi connectivity index (χ2v) is 3.13. The van der Waals surface area contributed by atoms with Crippen LogP contribution in [0, 0.1) is 6.92 Å². The predicted molar refractivity (Wildman–Crippen MR) is 57.1 cm³/mol. The van der Waals surface area contributed by atoms with Crippen molar-refractivity contribution in [3.63, 3.8) is 0 Å². The zero-order valence-corrected chi connectivity index (χ0v) is 8.64. The molecule has 5 nitrogen and oxygen atoms in total. The van der Waals surface area contributed by atoms with Gasteiger partial charge in [0, 0.05) is 6.07 Å². The molecule has 0 bridgehead atoms. The SMILES string of the molecule is COc1cccc(-n2nc(N)nc2C)c1. The van der Waals surface area contributed by atoms with Crippen LogP contribution in [-0.2, 0) is 0 Å². The van der Waals surface area contributed by atoms with Crippen LogP contribution >= 0.6 is 0 Å². The molecule has 2 N–H and O–H groups in total. The van der Waals surface area contributed by atoms with Crippen molar-refractivity contribution in [1.29, 1.82) is 0 Å². The van der Waals surface area contributed by atoms with Gasteiger partial charge in [0.25, 0.3) is 0 Å². The number of nitrogens with two attached hydrogens (primary N) is 1. The number of nitrogen functional groups attached to an aromatic ring is 1. The van der Waals surface area contributed by atoms with Crippen LogP contribution in [0.1, 0.15) is 5.82 Å². The molecule has 0 unspecified atom stereocenters. The second kappa shape index (κ2) is 3.61. The first-order valence-electron chi connectivity index (χ1n) is 4.54. The van der Waals surface area contributed by atoms with Crippen LogP contribution in [0.25, 0.3) is 5.69 Å². The summed E-state index contributed by atoms with van der Waals surface area (Å²) in [5.41, 5.74) is 6.40. The topological polar surface area (TPSA) is 66.0 Å². The maximum absolute atomic E-state index is 5.51. The molecule has 15 heavy (non-hydrogen) atoms. The van der Waals surface area contributed by atoms with Crippen LogP contribution in [0.4, 0.5) is 5.95 Å². The summed E-state index contributed by atoms with van der Waals surface area (Å²) in [6.07, 6.45) is 0. The number of aromatic nitrogens is 3. The molecule has 5 heteroatoms. The molecule has 78 valence electrons.